The van der Waals surface area contributed by atoms with Crippen molar-refractivity contribution in [2.75, 3.05) is 26.2 Å². The molecule has 1 aliphatic heterocycles. The van der Waals surface area contributed by atoms with E-state index >= 15 is 0 Å². The second kappa shape index (κ2) is 9.05. The summed E-state index contributed by atoms with van der Waals surface area (Å²) in [6.45, 7) is 8.75. The Morgan fingerprint density at radius 2 is 1.67 bits per heavy atom. The van der Waals surface area contributed by atoms with E-state index in [1.54, 1.807) is 12.1 Å². The first-order chi connectivity index (χ1) is 13.0. The maximum Gasteiger partial charge on any atom is 0.222 e. The molecule has 2 aromatic carbocycles. The number of carbonyl (C=O) groups is 1. The van der Waals surface area contributed by atoms with Crippen LogP contribution >= 0.6 is 0 Å². The molecule has 4 nitrogen and oxygen atoms in total. The minimum Gasteiger partial charge on any atom is -0.508 e. The summed E-state index contributed by atoms with van der Waals surface area (Å²) in [5.74, 6) is 1.02. The van der Waals surface area contributed by atoms with Crippen LogP contribution in [0.2, 0.25) is 0 Å². The third-order valence-electron chi connectivity index (χ3n) is 5.38. The lowest BCUT2D eigenvalue weighted by molar-refractivity contribution is -0.133. The van der Waals surface area contributed by atoms with E-state index in [0.29, 0.717) is 18.8 Å². The summed E-state index contributed by atoms with van der Waals surface area (Å²) < 4.78 is 0. The van der Waals surface area contributed by atoms with Crippen molar-refractivity contribution in [3.63, 3.8) is 0 Å². The lowest BCUT2D eigenvalue weighted by atomic mass is 10.0. The average Bonchev–Trinajstić information content (AvgIpc) is 2.68. The fraction of sp³-hybridized carbons (Fsp3) is 0.435. The molecule has 0 bridgehead atoms. The van der Waals surface area contributed by atoms with Gasteiger partial charge in [0.2, 0.25) is 5.91 Å². The lowest BCUT2D eigenvalue weighted by Crippen LogP contribution is -2.48. The molecule has 1 saturated heterocycles. The van der Waals surface area contributed by atoms with Gasteiger partial charge in [0, 0.05) is 39.1 Å². The SMILES string of the molecule is CC(C)c1ccc(CN2CCN(C(=O)CCc3ccccc3O)CC2)cc1. The van der Waals surface area contributed by atoms with Gasteiger partial charge in [-0.1, -0.05) is 56.3 Å². The van der Waals surface area contributed by atoms with Gasteiger partial charge in [0.05, 0.1) is 0 Å². The van der Waals surface area contributed by atoms with Crippen molar-refractivity contribution in [1.29, 1.82) is 0 Å². The first-order valence-corrected chi connectivity index (χ1v) is 9.89. The summed E-state index contributed by atoms with van der Waals surface area (Å²) in [4.78, 5) is 16.8. The van der Waals surface area contributed by atoms with Crippen molar-refractivity contribution in [3.05, 3.63) is 65.2 Å². The molecule has 27 heavy (non-hydrogen) atoms. The Hall–Kier alpha value is -2.33. The van der Waals surface area contributed by atoms with Crippen LogP contribution in [0.25, 0.3) is 0 Å². The molecule has 0 aliphatic carbocycles. The first kappa shape index (κ1) is 19.4. The maximum atomic E-state index is 12.5. The fourth-order valence-corrected chi connectivity index (χ4v) is 3.54. The molecule has 0 aromatic heterocycles. The van der Waals surface area contributed by atoms with Crippen LogP contribution in [-0.2, 0) is 17.8 Å². The van der Waals surface area contributed by atoms with Gasteiger partial charge in [0.15, 0.2) is 0 Å². The van der Waals surface area contributed by atoms with Crippen LogP contribution in [-0.4, -0.2) is 47.0 Å². The summed E-state index contributed by atoms with van der Waals surface area (Å²) in [6, 6.07) is 16.1. The molecule has 0 unspecified atom stereocenters. The van der Waals surface area contributed by atoms with E-state index in [1.807, 2.05) is 17.0 Å². The van der Waals surface area contributed by atoms with E-state index in [2.05, 4.69) is 43.0 Å². The zero-order valence-electron chi connectivity index (χ0n) is 16.4. The number of piperazine rings is 1. The minimum atomic E-state index is 0.180. The average molecular weight is 367 g/mol. The number of aryl methyl sites for hydroxylation is 1. The Morgan fingerprint density at radius 3 is 2.30 bits per heavy atom. The number of aromatic hydroxyl groups is 1. The highest BCUT2D eigenvalue weighted by Crippen LogP contribution is 2.19. The molecular weight excluding hydrogens is 336 g/mol. The number of carbonyl (C=O) groups excluding carboxylic acids is 1. The van der Waals surface area contributed by atoms with Crippen molar-refractivity contribution in [2.45, 2.75) is 39.2 Å². The number of hydrogen-bond acceptors (Lipinski definition) is 3. The Morgan fingerprint density at radius 1 is 1.00 bits per heavy atom. The van der Waals surface area contributed by atoms with Gasteiger partial charge in [-0.3, -0.25) is 9.69 Å². The summed E-state index contributed by atoms with van der Waals surface area (Å²) in [5, 5.41) is 9.82. The van der Waals surface area contributed by atoms with Crippen LogP contribution in [0.3, 0.4) is 0 Å². The van der Waals surface area contributed by atoms with Gasteiger partial charge < -0.3 is 10.0 Å². The molecule has 1 heterocycles. The van der Waals surface area contributed by atoms with E-state index in [9.17, 15) is 9.90 Å². The Balaban J connectivity index is 1.44. The second-order valence-electron chi connectivity index (χ2n) is 7.68. The number of phenolic OH excluding ortho intramolecular Hbond substituents is 1. The minimum absolute atomic E-state index is 0.180. The van der Waals surface area contributed by atoms with E-state index in [0.717, 1.165) is 38.3 Å². The number of rotatable bonds is 6. The number of nitrogens with zero attached hydrogens (tertiary/aromatic N) is 2. The summed E-state index contributed by atoms with van der Waals surface area (Å²) >= 11 is 0. The topological polar surface area (TPSA) is 43.8 Å². The highest BCUT2D eigenvalue weighted by atomic mass is 16.3. The molecule has 0 spiro atoms. The van der Waals surface area contributed by atoms with Crippen LogP contribution in [0.15, 0.2) is 48.5 Å². The molecule has 2 aromatic rings. The predicted octanol–water partition coefficient (Wildman–Crippen LogP) is 3.79. The van der Waals surface area contributed by atoms with Crippen molar-refractivity contribution in [1.82, 2.24) is 9.80 Å². The van der Waals surface area contributed by atoms with E-state index in [-0.39, 0.29) is 11.7 Å². The van der Waals surface area contributed by atoms with Crippen LogP contribution in [0, 0.1) is 0 Å². The molecule has 0 radical (unpaired) electrons. The maximum absolute atomic E-state index is 12.5. The predicted molar refractivity (Wildman–Crippen MR) is 109 cm³/mol. The zero-order valence-corrected chi connectivity index (χ0v) is 16.4. The molecule has 3 rings (SSSR count). The zero-order chi connectivity index (χ0) is 19.2. The smallest absolute Gasteiger partial charge is 0.222 e. The van der Waals surface area contributed by atoms with Gasteiger partial charge in [-0.2, -0.15) is 0 Å². The second-order valence-corrected chi connectivity index (χ2v) is 7.68. The number of phenols is 1. The largest absolute Gasteiger partial charge is 0.508 e. The third kappa shape index (κ3) is 5.33. The number of para-hydroxylation sites is 1. The molecule has 1 amide bonds. The number of hydrogen-bond donors (Lipinski definition) is 1. The van der Waals surface area contributed by atoms with E-state index in [4.69, 9.17) is 0 Å². The molecular formula is C23H30N2O2. The molecule has 1 fully saturated rings. The summed E-state index contributed by atoms with van der Waals surface area (Å²) in [6.07, 6.45) is 1.04. The van der Waals surface area contributed by atoms with Crippen molar-refractivity contribution in [2.24, 2.45) is 0 Å². The molecule has 0 saturated carbocycles. The van der Waals surface area contributed by atoms with Crippen molar-refractivity contribution >= 4 is 5.91 Å². The van der Waals surface area contributed by atoms with Crippen LogP contribution in [0.4, 0.5) is 0 Å². The van der Waals surface area contributed by atoms with Crippen LogP contribution in [0.1, 0.15) is 42.9 Å². The normalized spacial score (nSPS) is 15.3. The Bertz CT molecular complexity index is 747. The molecule has 1 N–H and O–H groups in total. The van der Waals surface area contributed by atoms with Gasteiger partial charge >= 0.3 is 0 Å². The molecule has 0 atom stereocenters. The Kier molecular flexibility index (Phi) is 6.51. The van der Waals surface area contributed by atoms with Gasteiger partial charge in [-0.15, -0.1) is 0 Å². The highest BCUT2D eigenvalue weighted by Gasteiger charge is 2.21. The quantitative estimate of drug-likeness (QED) is 0.846. The van der Waals surface area contributed by atoms with Crippen LogP contribution in [0.5, 0.6) is 5.75 Å². The summed E-state index contributed by atoms with van der Waals surface area (Å²) in [5.41, 5.74) is 3.55. The number of benzene rings is 2. The number of amides is 1. The van der Waals surface area contributed by atoms with Crippen molar-refractivity contribution < 1.29 is 9.90 Å². The van der Waals surface area contributed by atoms with Gasteiger partial charge in [-0.25, -0.2) is 0 Å². The van der Waals surface area contributed by atoms with Gasteiger partial charge in [0.1, 0.15) is 5.75 Å². The summed E-state index contributed by atoms with van der Waals surface area (Å²) in [7, 11) is 0. The molecule has 144 valence electrons. The third-order valence-corrected chi connectivity index (χ3v) is 5.38. The van der Waals surface area contributed by atoms with E-state index < -0.39 is 0 Å². The lowest BCUT2D eigenvalue weighted by Gasteiger charge is -2.35. The van der Waals surface area contributed by atoms with Gasteiger partial charge in [-0.05, 0) is 35.1 Å². The van der Waals surface area contributed by atoms with E-state index in [1.165, 1.54) is 11.1 Å². The molecule has 1 aliphatic rings. The van der Waals surface area contributed by atoms with Crippen LogP contribution < -0.4 is 0 Å². The van der Waals surface area contributed by atoms with Gasteiger partial charge in [0.25, 0.3) is 0 Å². The highest BCUT2D eigenvalue weighted by molar-refractivity contribution is 5.76. The van der Waals surface area contributed by atoms with Crippen molar-refractivity contribution in [3.8, 4) is 5.75 Å². The first-order valence-electron chi connectivity index (χ1n) is 9.89. The molecule has 4 heteroatoms. The standard InChI is InChI=1S/C23H30N2O2/c1-18(2)20-9-7-19(8-10-20)17-24-13-15-25(16-14-24)23(27)12-11-21-5-3-4-6-22(21)26/h3-10,18,26H,11-17H2,1-2H3. The fourth-order valence-electron chi connectivity index (χ4n) is 3.54. The monoisotopic (exact) mass is 366 g/mol. The Labute approximate surface area is 162 Å².